The van der Waals surface area contributed by atoms with Crippen LogP contribution in [0.2, 0.25) is 0 Å². The number of nitrogens with zero attached hydrogens (tertiary/aromatic N) is 1. The van der Waals surface area contributed by atoms with E-state index in [1.807, 2.05) is 20.8 Å². The summed E-state index contributed by atoms with van der Waals surface area (Å²) in [6.07, 6.45) is 1.63. The first-order valence-electron chi connectivity index (χ1n) is 7.36. The molecule has 0 saturated heterocycles. The van der Waals surface area contributed by atoms with Crippen LogP contribution in [0.15, 0.2) is 23.3 Å². The zero-order valence-corrected chi connectivity index (χ0v) is 13.5. The van der Waals surface area contributed by atoms with Gasteiger partial charge in [0.25, 0.3) is 11.8 Å². The largest absolute Gasteiger partial charge is 0.486 e. The summed E-state index contributed by atoms with van der Waals surface area (Å²) in [7, 11) is 0. The molecule has 2 N–H and O–H groups in total. The minimum Gasteiger partial charge on any atom is -0.486 e. The number of carbonyl (C=O) groups is 2. The van der Waals surface area contributed by atoms with Gasteiger partial charge in [0.05, 0.1) is 6.54 Å². The van der Waals surface area contributed by atoms with Gasteiger partial charge in [-0.3, -0.25) is 9.59 Å². The van der Waals surface area contributed by atoms with Crippen LogP contribution in [0.3, 0.4) is 0 Å². The number of ether oxygens (including phenoxy) is 2. The molecular weight excluding hydrogens is 298 g/mol. The minimum atomic E-state index is -0.392. The first-order chi connectivity index (χ1) is 10.8. The fourth-order valence-corrected chi connectivity index (χ4v) is 1.78. The third kappa shape index (κ3) is 5.28. The summed E-state index contributed by atoms with van der Waals surface area (Å²) in [5.74, 6) is 0.388. The molecule has 1 aromatic carbocycles. The topological polar surface area (TPSA) is 89.0 Å². The molecule has 0 atom stereocenters. The molecule has 0 spiro atoms. The summed E-state index contributed by atoms with van der Waals surface area (Å²) in [5.41, 5.74) is 2.65. The van der Waals surface area contributed by atoms with E-state index in [4.69, 9.17) is 9.47 Å². The Balaban J connectivity index is 1.85. The van der Waals surface area contributed by atoms with Crippen LogP contribution in [-0.2, 0) is 4.79 Å². The molecule has 0 saturated carbocycles. The Morgan fingerprint density at radius 2 is 1.91 bits per heavy atom. The maximum absolute atomic E-state index is 12.0. The molecule has 124 valence electrons. The Bertz CT molecular complexity index is 620. The number of rotatable bonds is 4. The van der Waals surface area contributed by atoms with E-state index in [-0.39, 0.29) is 17.9 Å². The van der Waals surface area contributed by atoms with Crippen molar-refractivity contribution < 1.29 is 19.1 Å². The van der Waals surface area contributed by atoms with Crippen molar-refractivity contribution in [3.63, 3.8) is 0 Å². The third-order valence-electron chi connectivity index (χ3n) is 2.85. The molecule has 1 aliphatic heterocycles. The SMILES string of the molecule is CC(C)(C)/C=N/NC(=O)CNC(=O)c1ccc2c(c1)OCCO2. The fraction of sp³-hybridized carbons (Fsp3) is 0.438. The smallest absolute Gasteiger partial charge is 0.259 e. The number of carbonyl (C=O) groups excluding carboxylic acids is 2. The summed E-state index contributed by atoms with van der Waals surface area (Å²) < 4.78 is 10.8. The molecule has 0 aliphatic carbocycles. The highest BCUT2D eigenvalue weighted by molar-refractivity contribution is 5.97. The van der Waals surface area contributed by atoms with Crippen molar-refractivity contribution >= 4 is 18.0 Å². The molecule has 0 unspecified atom stereocenters. The van der Waals surface area contributed by atoms with Gasteiger partial charge in [-0.15, -0.1) is 0 Å². The molecule has 1 aliphatic rings. The number of nitrogens with one attached hydrogen (secondary N) is 2. The molecule has 7 heteroatoms. The first kappa shape index (κ1) is 16.8. The Labute approximate surface area is 135 Å². The molecule has 0 radical (unpaired) electrons. The van der Waals surface area contributed by atoms with Gasteiger partial charge >= 0.3 is 0 Å². The minimum absolute atomic E-state index is 0.123. The van der Waals surface area contributed by atoms with Gasteiger partial charge in [-0.1, -0.05) is 20.8 Å². The summed E-state index contributed by atoms with van der Waals surface area (Å²) in [5, 5.41) is 6.37. The predicted molar refractivity (Wildman–Crippen MR) is 85.9 cm³/mol. The second-order valence-corrected chi connectivity index (χ2v) is 6.20. The lowest BCUT2D eigenvalue weighted by Crippen LogP contribution is -2.35. The van der Waals surface area contributed by atoms with Gasteiger partial charge in [0, 0.05) is 11.8 Å². The molecule has 23 heavy (non-hydrogen) atoms. The highest BCUT2D eigenvalue weighted by Gasteiger charge is 2.15. The van der Waals surface area contributed by atoms with Crippen LogP contribution < -0.4 is 20.2 Å². The quantitative estimate of drug-likeness (QED) is 0.647. The lowest BCUT2D eigenvalue weighted by molar-refractivity contribution is -0.120. The van der Waals surface area contributed by atoms with Crippen LogP contribution in [-0.4, -0.2) is 37.8 Å². The molecule has 1 heterocycles. The van der Waals surface area contributed by atoms with Crippen molar-refractivity contribution in [1.29, 1.82) is 0 Å². The predicted octanol–water partition coefficient (Wildman–Crippen LogP) is 1.34. The Hall–Kier alpha value is -2.57. The maximum Gasteiger partial charge on any atom is 0.259 e. The molecule has 2 amide bonds. The highest BCUT2D eigenvalue weighted by Crippen LogP contribution is 2.30. The Morgan fingerprint density at radius 1 is 1.22 bits per heavy atom. The second-order valence-electron chi connectivity index (χ2n) is 6.20. The van der Waals surface area contributed by atoms with E-state index in [9.17, 15) is 9.59 Å². The van der Waals surface area contributed by atoms with E-state index < -0.39 is 5.91 Å². The zero-order chi connectivity index (χ0) is 16.9. The van der Waals surface area contributed by atoms with E-state index in [0.29, 0.717) is 30.3 Å². The molecule has 0 bridgehead atoms. The fourth-order valence-electron chi connectivity index (χ4n) is 1.78. The standard InChI is InChI=1S/C16H21N3O4/c1-16(2,3)10-18-19-14(20)9-17-15(21)11-4-5-12-13(8-11)23-7-6-22-12/h4-5,8,10H,6-7,9H2,1-3H3,(H,17,21)(H,19,20)/b18-10+. The van der Waals surface area contributed by atoms with Crippen LogP contribution in [0.1, 0.15) is 31.1 Å². The number of hydrogen-bond acceptors (Lipinski definition) is 5. The van der Waals surface area contributed by atoms with E-state index in [0.717, 1.165) is 0 Å². The van der Waals surface area contributed by atoms with Crippen LogP contribution in [0.4, 0.5) is 0 Å². The van der Waals surface area contributed by atoms with Crippen molar-refractivity contribution in [1.82, 2.24) is 10.7 Å². The number of benzene rings is 1. The number of amides is 2. The third-order valence-corrected chi connectivity index (χ3v) is 2.85. The van der Waals surface area contributed by atoms with Crippen LogP contribution in [0.25, 0.3) is 0 Å². The number of hydrogen-bond donors (Lipinski definition) is 2. The maximum atomic E-state index is 12.0. The normalized spacial score (nSPS) is 13.7. The van der Waals surface area contributed by atoms with Crippen LogP contribution in [0, 0.1) is 5.41 Å². The van der Waals surface area contributed by atoms with Gasteiger partial charge in [-0.25, -0.2) is 5.43 Å². The molecular formula is C16H21N3O4. The van der Waals surface area contributed by atoms with Crippen molar-refractivity contribution in [2.45, 2.75) is 20.8 Å². The van der Waals surface area contributed by atoms with Gasteiger partial charge in [-0.2, -0.15) is 5.10 Å². The lowest BCUT2D eigenvalue weighted by Gasteiger charge is -2.18. The van der Waals surface area contributed by atoms with Gasteiger partial charge < -0.3 is 14.8 Å². The first-order valence-corrected chi connectivity index (χ1v) is 7.36. The highest BCUT2D eigenvalue weighted by atomic mass is 16.6. The van der Waals surface area contributed by atoms with Gasteiger partial charge in [0.15, 0.2) is 11.5 Å². The van der Waals surface area contributed by atoms with Gasteiger partial charge in [-0.05, 0) is 23.6 Å². The van der Waals surface area contributed by atoms with E-state index >= 15 is 0 Å². The van der Waals surface area contributed by atoms with Gasteiger partial charge in [0.2, 0.25) is 0 Å². The lowest BCUT2D eigenvalue weighted by atomic mass is 9.99. The second kappa shape index (κ2) is 7.13. The average Bonchev–Trinajstić information content (AvgIpc) is 2.51. The van der Waals surface area contributed by atoms with E-state index in [2.05, 4.69) is 15.8 Å². The molecule has 1 aromatic rings. The number of fused-ring (bicyclic) bond motifs is 1. The van der Waals surface area contributed by atoms with Crippen molar-refractivity contribution in [2.75, 3.05) is 19.8 Å². The zero-order valence-electron chi connectivity index (χ0n) is 13.5. The van der Waals surface area contributed by atoms with Crippen LogP contribution >= 0.6 is 0 Å². The Morgan fingerprint density at radius 3 is 2.61 bits per heavy atom. The number of hydrazone groups is 1. The summed E-state index contributed by atoms with van der Waals surface area (Å²) in [4.78, 5) is 23.7. The van der Waals surface area contributed by atoms with Gasteiger partial charge in [0.1, 0.15) is 13.2 Å². The Kier molecular flexibility index (Phi) is 5.20. The monoisotopic (exact) mass is 319 g/mol. The molecule has 2 rings (SSSR count). The molecule has 0 fully saturated rings. The van der Waals surface area contributed by atoms with Crippen molar-refractivity contribution in [3.05, 3.63) is 23.8 Å². The molecule has 0 aromatic heterocycles. The van der Waals surface area contributed by atoms with Crippen molar-refractivity contribution in [3.8, 4) is 11.5 Å². The van der Waals surface area contributed by atoms with E-state index in [1.165, 1.54) is 0 Å². The van der Waals surface area contributed by atoms with Crippen molar-refractivity contribution in [2.24, 2.45) is 10.5 Å². The summed E-state index contributed by atoms with van der Waals surface area (Å²) in [6.45, 7) is 6.68. The summed E-state index contributed by atoms with van der Waals surface area (Å²) in [6, 6.07) is 4.90. The summed E-state index contributed by atoms with van der Waals surface area (Å²) >= 11 is 0. The average molecular weight is 319 g/mol. The van der Waals surface area contributed by atoms with Crippen LogP contribution in [0.5, 0.6) is 11.5 Å². The van der Waals surface area contributed by atoms with E-state index in [1.54, 1.807) is 24.4 Å². The molecule has 7 nitrogen and oxygen atoms in total.